The third-order valence-electron chi connectivity index (χ3n) is 4.48. The lowest BCUT2D eigenvalue weighted by Crippen LogP contribution is -2.58. The number of rotatable bonds is 7. The molecule has 0 unspecified atom stereocenters. The van der Waals surface area contributed by atoms with E-state index in [4.69, 9.17) is 18.6 Å². The number of carbonyl (C=O) groups is 1. The van der Waals surface area contributed by atoms with Crippen LogP contribution in [0.25, 0.3) is 0 Å². The van der Waals surface area contributed by atoms with Gasteiger partial charge in [0, 0.05) is 25.2 Å². The van der Waals surface area contributed by atoms with Gasteiger partial charge in [-0.3, -0.25) is 0 Å². The summed E-state index contributed by atoms with van der Waals surface area (Å²) in [5, 5.41) is 2.11. The van der Waals surface area contributed by atoms with Gasteiger partial charge in [0.05, 0.1) is 38.5 Å². The molecule has 1 fully saturated rings. The number of hydrogen-bond acceptors (Lipinski definition) is 7. The molecule has 1 N–H and O–H groups in total. The topological polar surface area (TPSA) is 107 Å². The number of hydrogen-bond donors (Lipinski definition) is 1. The number of nitrogens with zero attached hydrogens (tertiary/aromatic N) is 1. The summed E-state index contributed by atoms with van der Waals surface area (Å²) < 4.78 is 45.6. The van der Waals surface area contributed by atoms with E-state index in [9.17, 15) is 13.2 Å². The van der Waals surface area contributed by atoms with E-state index in [0.717, 1.165) is 0 Å². The van der Waals surface area contributed by atoms with E-state index in [1.54, 1.807) is 24.3 Å². The first kappa shape index (κ1) is 19.9. The molecule has 3 rings (SSSR count). The molecule has 0 aliphatic carbocycles. The first-order valence-corrected chi connectivity index (χ1v) is 10.2. The Bertz CT molecular complexity index is 910. The van der Waals surface area contributed by atoms with E-state index >= 15 is 0 Å². The van der Waals surface area contributed by atoms with Crippen LogP contribution in [0.2, 0.25) is 0 Å². The molecule has 2 amide bonds. The van der Waals surface area contributed by atoms with E-state index < -0.39 is 21.1 Å². The van der Waals surface area contributed by atoms with E-state index in [-0.39, 0.29) is 18.8 Å². The van der Waals surface area contributed by atoms with Gasteiger partial charge in [0.25, 0.3) is 0 Å². The molecule has 1 aromatic carbocycles. The van der Waals surface area contributed by atoms with Crippen molar-refractivity contribution >= 4 is 21.6 Å². The molecule has 0 atom stereocenters. The fourth-order valence-electron chi connectivity index (χ4n) is 2.90. The lowest BCUT2D eigenvalue weighted by molar-refractivity contribution is 0.182. The van der Waals surface area contributed by atoms with Gasteiger partial charge in [0.1, 0.15) is 11.5 Å². The number of likely N-dealkylation sites (tertiary alicyclic amines) is 1. The van der Waals surface area contributed by atoms with Gasteiger partial charge >= 0.3 is 6.03 Å². The fraction of sp³-hybridized carbons (Fsp3) is 0.389. The molecule has 1 saturated heterocycles. The maximum Gasteiger partial charge on any atom is 0.321 e. The van der Waals surface area contributed by atoms with Crippen LogP contribution in [-0.2, 0) is 15.6 Å². The molecule has 9 nitrogen and oxygen atoms in total. The average Bonchev–Trinajstić information content (AvgIpc) is 3.11. The summed E-state index contributed by atoms with van der Waals surface area (Å²) in [7, 11) is 1.06. The number of furan rings is 1. The lowest BCUT2D eigenvalue weighted by atomic mass is 10.2. The van der Waals surface area contributed by atoms with Gasteiger partial charge in [-0.15, -0.1) is 0 Å². The van der Waals surface area contributed by atoms with Crippen LogP contribution < -0.4 is 19.5 Å². The molecule has 10 heteroatoms. The first-order valence-electron chi connectivity index (χ1n) is 8.47. The van der Waals surface area contributed by atoms with E-state index in [2.05, 4.69) is 5.32 Å². The highest BCUT2D eigenvalue weighted by Crippen LogP contribution is 2.40. The van der Waals surface area contributed by atoms with Crippen LogP contribution in [0.4, 0.5) is 10.5 Å². The largest absolute Gasteiger partial charge is 0.493 e. The quantitative estimate of drug-likeness (QED) is 0.745. The fourth-order valence-corrected chi connectivity index (χ4v) is 4.51. The summed E-state index contributed by atoms with van der Waals surface area (Å²) in [5.74, 6) is 1.43. The van der Waals surface area contributed by atoms with Crippen LogP contribution in [0.15, 0.2) is 34.9 Å². The molecule has 0 bridgehead atoms. The summed E-state index contributed by atoms with van der Waals surface area (Å²) >= 11 is 0. The zero-order chi connectivity index (χ0) is 20.3. The number of amides is 2. The molecule has 2 heterocycles. The molecule has 1 aliphatic rings. The minimum atomic E-state index is -3.39. The van der Waals surface area contributed by atoms with Crippen LogP contribution in [0.3, 0.4) is 0 Å². The SMILES string of the molecule is COc1cc(NC(=O)N2CC(S(=O)(=O)Cc3ccco3)C2)cc(OC)c1OC. The number of benzene rings is 1. The van der Waals surface area contributed by atoms with Crippen LogP contribution >= 0.6 is 0 Å². The van der Waals surface area contributed by atoms with Crippen molar-refractivity contribution in [1.29, 1.82) is 0 Å². The second kappa shape index (κ2) is 8.01. The maximum absolute atomic E-state index is 12.4. The lowest BCUT2D eigenvalue weighted by Gasteiger charge is -2.38. The number of carbonyl (C=O) groups excluding carboxylic acids is 1. The van der Waals surface area contributed by atoms with Gasteiger partial charge in [-0.1, -0.05) is 0 Å². The third kappa shape index (κ3) is 4.01. The molecule has 28 heavy (non-hydrogen) atoms. The third-order valence-corrected chi connectivity index (χ3v) is 6.48. The standard InChI is InChI=1S/C18H22N2O7S/c1-24-15-7-12(8-16(25-2)17(15)26-3)19-18(21)20-9-14(10-20)28(22,23)11-13-5-4-6-27-13/h4-8,14H,9-11H2,1-3H3,(H,19,21). The Morgan fingerprint density at radius 1 is 1.18 bits per heavy atom. The summed E-state index contributed by atoms with van der Waals surface area (Å²) in [6, 6.07) is 6.06. The smallest absolute Gasteiger partial charge is 0.321 e. The highest BCUT2D eigenvalue weighted by molar-refractivity contribution is 7.91. The van der Waals surface area contributed by atoms with Crippen LogP contribution in [-0.4, -0.2) is 59.0 Å². The molecule has 0 radical (unpaired) electrons. The van der Waals surface area contributed by atoms with E-state index in [1.807, 2.05) is 0 Å². The maximum atomic E-state index is 12.4. The van der Waals surface area contributed by atoms with Gasteiger partial charge in [0.2, 0.25) is 5.75 Å². The predicted octanol–water partition coefficient (Wildman–Crippen LogP) is 2.14. The number of sulfone groups is 1. The van der Waals surface area contributed by atoms with Crippen LogP contribution in [0.1, 0.15) is 5.76 Å². The number of anilines is 1. The first-order chi connectivity index (χ1) is 13.4. The number of urea groups is 1. The molecule has 0 spiro atoms. The Balaban J connectivity index is 1.62. The van der Waals surface area contributed by atoms with Crippen molar-refractivity contribution < 1.29 is 31.8 Å². The van der Waals surface area contributed by atoms with Gasteiger partial charge in [-0.05, 0) is 12.1 Å². The zero-order valence-corrected chi connectivity index (χ0v) is 16.6. The minimum Gasteiger partial charge on any atom is -0.493 e. The highest BCUT2D eigenvalue weighted by Gasteiger charge is 2.40. The molecular formula is C18H22N2O7S. The summed E-state index contributed by atoms with van der Waals surface area (Å²) in [6.45, 7) is 0.249. The number of ether oxygens (including phenoxy) is 3. The summed E-state index contributed by atoms with van der Waals surface area (Å²) in [5.41, 5.74) is 0.446. The summed E-state index contributed by atoms with van der Waals surface area (Å²) in [6.07, 6.45) is 1.43. The minimum absolute atomic E-state index is 0.124. The van der Waals surface area contributed by atoms with Crippen LogP contribution in [0.5, 0.6) is 17.2 Å². The van der Waals surface area contributed by atoms with Crippen molar-refractivity contribution in [2.75, 3.05) is 39.7 Å². The highest BCUT2D eigenvalue weighted by atomic mass is 32.2. The molecule has 2 aromatic rings. The Kier molecular flexibility index (Phi) is 5.68. The van der Waals surface area contributed by atoms with Crippen molar-refractivity contribution in [3.05, 3.63) is 36.3 Å². The van der Waals surface area contributed by atoms with E-state index in [1.165, 1.54) is 32.5 Å². The van der Waals surface area contributed by atoms with Gasteiger partial charge < -0.3 is 28.8 Å². The second-order valence-corrected chi connectivity index (χ2v) is 8.54. The Labute approximate surface area is 163 Å². The molecule has 152 valence electrons. The van der Waals surface area contributed by atoms with E-state index in [0.29, 0.717) is 28.7 Å². The molecule has 1 aromatic heterocycles. The van der Waals surface area contributed by atoms with Crippen molar-refractivity contribution in [3.63, 3.8) is 0 Å². The van der Waals surface area contributed by atoms with Crippen molar-refractivity contribution in [2.45, 2.75) is 11.0 Å². The summed E-state index contributed by atoms with van der Waals surface area (Å²) in [4.78, 5) is 13.9. The predicted molar refractivity (Wildman–Crippen MR) is 102 cm³/mol. The second-order valence-electron chi connectivity index (χ2n) is 6.26. The van der Waals surface area contributed by atoms with Gasteiger partial charge in [0.15, 0.2) is 21.3 Å². The van der Waals surface area contributed by atoms with Gasteiger partial charge in [-0.25, -0.2) is 13.2 Å². The average molecular weight is 410 g/mol. The Morgan fingerprint density at radius 2 is 1.82 bits per heavy atom. The normalized spacial score (nSPS) is 14.3. The Morgan fingerprint density at radius 3 is 2.32 bits per heavy atom. The molecule has 1 aliphatic heterocycles. The van der Waals surface area contributed by atoms with Crippen molar-refractivity contribution in [1.82, 2.24) is 4.90 Å². The molecular weight excluding hydrogens is 388 g/mol. The Hall–Kier alpha value is -2.88. The van der Waals surface area contributed by atoms with Gasteiger partial charge in [-0.2, -0.15) is 0 Å². The van der Waals surface area contributed by atoms with Crippen molar-refractivity contribution in [2.24, 2.45) is 0 Å². The van der Waals surface area contributed by atoms with Crippen molar-refractivity contribution in [3.8, 4) is 17.2 Å². The number of methoxy groups -OCH3 is 3. The molecule has 0 saturated carbocycles. The van der Waals surface area contributed by atoms with Crippen LogP contribution in [0, 0.1) is 0 Å². The monoisotopic (exact) mass is 410 g/mol. The zero-order valence-electron chi connectivity index (χ0n) is 15.8. The number of nitrogens with one attached hydrogen (secondary N) is 1.